The third kappa shape index (κ3) is 4.52. The van der Waals surface area contributed by atoms with Crippen LogP contribution in [0.3, 0.4) is 0 Å². The first-order valence-electron chi connectivity index (χ1n) is 13.1. The van der Waals surface area contributed by atoms with E-state index in [0.717, 1.165) is 12.8 Å². The van der Waals surface area contributed by atoms with E-state index in [2.05, 4.69) is 25.1 Å². The summed E-state index contributed by atoms with van der Waals surface area (Å²) in [5.41, 5.74) is -3.16. The van der Waals surface area contributed by atoms with E-state index in [0.29, 0.717) is 28.5 Å². The molecule has 2 aliphatic rings. The van der Waals surface area contributed by atoms with Gasteiger partial charge in [-0.1, -0.05) is 81.3 Å². The highest BCUT2D eigenvalue weighted by molar-refractivity contribution is 6.35. The topological polar surface area (TPSA) is 123 Å². The zero-order valence-corrected chi connectivity index (χ0v) is 23.5. The monoisotopic (exact) mass is 564 g/mol. The fraction of sp³-hybridized carbons (Fsp3) is 0.467. The number of ether oxygens (including phenoxy) is 3. The molecule has 0 aromatic heterocycles. The number of nitrogens with zero attached hydrogens (tertiary/aromatic N) is 3. The predicted octanol–water partition coefficient (Wildman–Crippen LogP) is 7.84. The normalized spacial score (nSPS) is 26.6. The van der Waals surface area contributed by atoms with Crippen molar-refractivity contribution in [1.29, 1.82) is 21.2 Å². The van der Waals surface area contributed by atoms with Gasteiger partial charge in [0.1, 0.15) is 11.9 Å². The standard InChI is InChI=1S/C30H30Cl2N4O3/c1-3-4-5-6-7-8-15-37-23-12-9-21(10-13-23)26-28(17-33,18-34)29(19-35)20(2)30(38-26,39-27(29)36)24-14-11-22(31)16-25(24)32/h9-14,16,20,26,36H,3-8,15H2,1-2H3. The smallest absolute Gasteiger partial charge is 0.245 e. The van der Waals surface area contributed by atoms with Gasteiger partial charge in [-0.15, -0.1) is 0 Å². The second-order valence-corrected chi connectivity index (χ2v) is 10.9. The summed E-state index contributed by atoms with van der Waals surface area (Å²) in [6.45, 7) is 4.41. The molecule has 1 N–H and O–H groups in total. The second kappa shape index (κ2) is 11.4. The summed E-state index contributed by atoms with van der Waals surface area (Å²) < 4.78 is 18.4. The lowest BCUT2D eigenvalue weighted by Gasteiger charge is -2.49. The van der Waals surface area contributed by atoms with Crippen molar-refractivity contribution in [2.75, 3.05) is 6.61 Å². The number of halogens is 2. The Hall–Kier alpha value is -3.28. The van der Waals surface area contributed by atoms with Crippen LogP contribution < -0.4 is 4.74 Å². The molecule has 9 heteroatoms. The molecule has 0 amide bonds. The van der Waals surface area contributed by atoms with Crippen LogP contribution in [0, 0.1) is 56.2 Å². The van der Waals surface area contributed by atoms with Gasteiger partial charge in [0.15, 0.2) is 5.41 Å². The second-order valence-electron chi connectivity index (χ2n) is 10.1. The summed E-state index contributed by atoms with van der Waals surface area (Å²) in [7, 11) is 0. The molecule has 4 unspecified atom stereocenters. The maximum atomic E-state index is 10.5. The van der Waals surface area contributed by atoms with Crippen molar-refractivity contribution in [3.8, 4) is 24.0 Å². The Morgan fingerprint density at radius 1 is 0.949 bits per heavy atom. The minimum absolute atomic E-state index is 0.217. The molecule has 0 radical (unpaired) electrons. The van der Waals surface area contributed by atoms with Gasteiger partial charge in [0.25, 0.3) is 0 Å². The predicted molar refractivity (Wildman–Crippen MR) is 147 cm³/mol. The van der Waals surface area contributed by atoms with E-state index in [1.54, 1.807) is 43.3 Å². The van der Waals surface area contributed by atoms with Gasteiger partial charge in [0, 0.05) is 10.6 Å². The average Bonchev–Trinajstić information content (AvgIpc) is 3.09. The van der Waals surface area contributed by atoms with Crippen molar-refractivity contribution >= 4 is 29.1 Å². The Morgan fingerprint density at radius 3 is 2.23 bits per heavy atom. The number of rotatable bonds is 10. The quantitative estimate of drug-likeness (QED) is 0.293. The van der Waals surface area contributed by atoms with E-state index in [1.807, 2.05) is 0 Å². The van der Waals surface area contributed by atoms with E-state index in [4.69, 9.17) is 42.8 Å². The first-order valence-corrected chi connectivity index (χ1v) is 13.9. The highest BCUT2D eigenvalue weighted by atomic mass is 35.5. The number of hydrogen-bond acceptors (Lipinski definition) is 7. The minimum atomic E-state index is -2.07. The number of benzene rings is 2. The maximum Gasteiger partial charge on any atom is 0.245 e. The van der Waals surface area contributed by atoms with Crippen molar-refractivity contribution in [3.63, 3.8) is 0 Å². The molecule has 2 aromatic rings. The Kier molecular flexibility index (Phi) is 8.43. The molecule has 0 spiro atoms. The molecule has 202 valence electrons. The van der Waals surface area contributed by atoms with Gasteiger partial charge in [-0.2, -0.15) is 15.8 Å². The van der Waals surface area contributed by atoms with Gasteiger partial charge in [-0.25, -0.2) is 0 Å². The van der Waals surface area contributed by atoms with Crippen molar-refractivity contribution < 1.29 is 14.2 Å². The largest absolute Gasteiger partial charge is 0.494 e. The summed E-state index contributed by atoms with van der Waals surface area (Å²) in [5.74, 6) is -2.47. The number of nitrogens with one attached hydrogen (secondary N) is 1. The van der Waals surface area contributed by atoms with Gasteiger partial charge in [-0.05, 0) is 42.3 Å². The van der Waals surface area contributed by atoms with Crippen LogP contribution in [-0.4, -0.2) is 12.5 Å². The van der Waals surface area contributed by atoms with Crippen LogP contribution in [0.25, 0.3) is 0 Å². The van der Waals surface area contributed by atoms with E-state index < -0.39 is 34.5 Å². The Balaban J connectivity index is 1.69. The Bertz CT molecular complexity index is 1350. The van der Waals surface area contributed by atoms with E-state index in [9.17, 15) is 15.8 Å². The maximum absolute atomic E-state index is 10.5. The lowest BCUT2D eigenvalue weighted by atomic mass is 9.53. The number of hydrogen-bond donors (Lipinski definition) is 1. The fourth-order valence-electron chi connectivity index (χ4n) is 5.73. The summed E-state index contributed by atoms with van der Waals surface area (Å²) in [5, 5.41) is 40.6. The molecule has 2 bridgehead atoms. The minimum Gasteiger partial charge on any atom is -0.494 e. The van der Waals surface area contributed by atoms with Crippen molar-refractivity contribution in [3.05, 3.63) is 63.6 Å². The summed E-state index contributed by atoms with van der Waals surface area (Å²) in [6, 6.07) is 17.9. The number of fused-ring (bicyclic) bond motifs is 2. The van der Waals surface area contributed by atoms with Gasteiger partial charge in [0.2, 0.25) is 17.1 Å². The third-order valence-corrected chi connectivity index (χ3v) is 8.47. The van der Waals surface area contributed by atoms with Crippen LogP contribution in [0.2, 0.25) is 10.0 Å². The molecule has 2 aromatic carbocycles. The highest BCUT2D eigenvalue weighted by Gasteiger charge is 2.80. The molecule has 39 heavy (non-hydrogen) atoms. The molecule has 0 saturated carbocycles. The van der Waals surface area contributed by atoms with E-state index in [-0.39, 0.29) is 5.02 Å². The molecule has 2 aliphatic heterocycles. The van der Waals surface area contributed by atoms with Gasteiger partial charge in [-0.3, -0.25) is 5.41 Å². The van der Waals surface area contributed by atoms with Gasteiger partial charge >= 0.3 is 0 Å². The summed E-state index contributed by atoms with van der Waals surface area (Å²) in [6.07, 6.45) is 5.72. The van der Waals surface area contributed by atoms with E-state index in [1.165, 1.54) is 31.7 Å². The van der Waals surface area contributed by atoms with Crippen LogP contribution in [0.4, 0.5) is 0 Å². The van der Waals surface area contributed by atoms with Crippen LogP contribution in [0.15, 0.2) is 42.5 Å². The van der Waals surface area contributed by atoms with Crippen molar-refractivity contribution in [1.82, 2.24) is 0 Å². The van der Waals surface area contributed by atoms with Gasteiger partial charge < -0.3 is 14.2 Å². The Morgan fingerprint density at radius 2 is 1.62 bits per heavy atom. The molecule has 2 saturated heterocycles. The molecular weight excluding hydrogens is 535 g/mol. The number of unbranched alkanes of at least 4 members (excludes halogenated alkanes) is 5. The highest BCUT2D eigenvalue weighted by Crippen LogP contribution is 2.69. The van der Waals surface area contributed by atoms with Gasteiger partial charge in [0.05, 0.1) is 35.8 Å². The molecule has 7 nitrogen and oxygen atoms in total. The summed E-state index contributed by atoms with van der Waals surface area (Å²) >= 11 is 12.7. The SMILES string of the molecule is CCCCCCCCOc1ccc(C2OC3(c4ccc(Cl)cc4Cl)OC(=N)C(C#N)(C3C)C2(C#N)C#N)cc1. The molecule has 2 fully saturated rings. The van der Waals surface area contributed by atoms with Crippen LogP contribution in [0.5, 0.6) is 5.75 Å². The van der Waals surface area contributed by atoms with Crippen molar-refractivity contribution in [2.24, 2.45) is 16.7 Å². The molecule has 2 heterocycles. The molecule has 4 rings (SSSR count). The Labute approximate surface area is 239 Å². The van der Waals surface area contributed by atoms with Crippen LogP contribution >= 0.6 is 23.2 Å². The lowest BCUT2D eigenvalue weighted by molar-refractivity contribution is -0.288. The fourth-order valence-corrected chi connectivity index (χ4v) is 6.27. The third-order valence-electron chi connectivity index (χ3n) is 7.92. The summed E-state index contributed by atoms with van der Waals surface area (Å²) in [4.78, 5) is 0. The van der Waals surface area contributed by atoms with Crippen LogP contribution in [-0.2, 0) is 15.3 Å². The zero-order chi connectivity index (χ0) is 28.3. The number of nitriles is 3. The molecule has 0 aliphatic carbocycles. The van der Waals surface area contributed by atoms with E-state index >= 15 is 0 Å². The van der Waals surface area contributed by atoms with Crippen LogP contribution in [0.1, 0.15) is 69.6 Å². The first-order chi connectivity index (χ1) is 18.8. The molecular formula is C30H30Cl2N4O3. The molecule has 4 atom stereocenters. The lowest BCUT2D eigenvalue weighted by Crippen LogP contribution is -2.57. The zero-order valence-electron chi connectivity index (χ0n) is 22.0. The van der Waals surface area contributed by atoms with Crippen molar-refractivity contribution in [2.45, 2.75) is 64.3 Å². The first kappa shape index (κ1) is 28.7. The average molecular weight is 566 g/mol.